The second kappa shape index (κ2) is 5.14. The highest BCUT2D eigenvalue weighted by molar-refractivity contribution is 6.34. The van der Waals surface area contributed by atoms with Gasteiger partial charge in [0, 0.05) is 0 Å². The normalized spacial score (nSPS) is 11.0. The van der Waals surface area contributed by atoms with Crippen LogP contribution in [0, 0.1) is 0 Å². The Hall–Kier alpha value is -1.66. The Morgan fingerprint density at radius 1 is 1.32 bits per heavy atom. The summed E-state index contributed by atoms with van der Waals surface area (Å²) >= 11 is 11.7. The molecule has 0 aliphatic heterocycles. The van der Waals surface area contributed by atoms with Gasteiger partial charge in [-0.25, -0.2) is 18.3 Å². The lowest BCUT2D eigenvalue weighted by molar-refractivity contribution is 0.0684. The molecule has 0 radical (unpaired) electrons. The zero-order valence-electron chi connectivity index (χ0n) is 9.15. The van der Waals surface area contributed by atoms with Crippen LogP contribution < -0.4 is 0 Å². The molecule has 4 nitrogen and oxygen atoms in total. The average Bonchev–Trinajstić information content (AvgIpc) is 2.68. The summed E-state index contributed by atoms with van der Waals surface area (Å²) in [6.07, 6.45) is -3.05. The summed E-state index contributed by atoms with van der Waals surface area (Å²) in [7, 11) is 0. The molecule has 100 valence electrons. The van der Waals surface area contributed by atoms with Gasteiger partial charge >= 0.3 is 5.97 Å². The number of nitrogens with zero attached hydrogens (tertiary/aromatic N) is 2. The van der Waals surface area contributed by atoms with E-state index in [4.69, 9.17) is 28.3 Å². The predicted octanol–water partition coefficient (Wildman–Crippen LogP) is 3.81. The maximum absolute atomic E-state index is 12.8. The Labute approximate surface area is 116 Å². The molecule has 0 spiro atoms. The molecule has 0 amide bonds. The number of carbonyl (C=O) groups is 1. The Balaban J connectivity index is 2.70. The Morgan fingerprint density at radius 3 is 2.42 bits per heavy atom. The molecule has 8 heteroatoms. The van der Waals surface area contributed by atoms with E-state index in [9.17, 15) is 13.6 Å². The number of carboxylic acid groups (broad SMARTS) is 1. The Morgan fingerprint density at radius 2 is 1.95 bits per heavy atom. The number of aromatic carboxylic acids is 1. The van der Waals surface area contributed by atoms with E-state index in [1.807, 2.05) is 0 Å². The zero-order chi connectivity index (χ0) is 14.2. The SMILES string of the molecule is O=C(O)c1c(C(F)F)nn(-c2ccccc2Cl)c1Cl. The number of halogens is 4. The fourth-order valence-electron chi connectivity index (χ4n) is 1.55. The van der Waals surface area contributed by atoms with Gasteiger partial charge < -0.3 is 5.11 Å². The van der Waals surface area contributed by atoms with E-state index < -0.39 is 28.8 Å². The molecule has 1 heterocycles. The molecule has 1 aromatic carbocycles. The quantitative estimate of drug-likeness (QED) is 0.938. The van der Waals surface area contributed by atoms with E-state index in [1.54, 1.807) is 12.1 Å². The molecule has 1 N–H and O–H groups in total. The van der Waals surface area contributed by atoms with E-state index in [-0.39, 0.29) is 10.7 Å². The van der Waals surface area contributed by atoms with Crippen LogP contribution in [0.1, 0.15) is 22.5 Å². The van der Waals surface area contributed by atoms with Gasteiger partial charge in [0.1, 0.15) is 16.4 Å². The Kier molecular flexibility index (Phi) is 3.73. The molecule has 0 unspecified atom stereocenters. The first-order chi connectivity index (χ1) is 8.93. The third-order valence-corrected chi connectivity index (χ3v) is 3.03. The van der Waals surface area contributed by atoms with Gasteiger partial charge in [0.15, 0.2) is 0 Å². The maximum atomic E-state index is 12.8. The van der Waals surface area contributed by atoms with Gasteiger partial charge in [-0.05, 0) is 12.1 Å². The van der Waals surface area contributed by atoms with Gasteiger partial charge in [0.25, 0.3) is 6.43 Å². The fourth-order valence-corrected chi connectivity index (χ4v) is 2.07. The lowest BCUT2D eigenvalue weighted by atomic mass is 10.2. The van der Waals surface area contributed by atoms with Gasteiger partial charge in [-0.3, -0.25) is 0 Å². The molecule has 0 saturated carbocycles. The summed E-state index contributed by atoms with van der Waals surface area (Å²) in [6.45, 7) is 0. The summed E-state index contributed by atoms with van der Waals surface area (Å²) in [4.78, 5) is 11.0. The third kappa shape index (κ3) is 2.41. The smallest absolute Gasteiger partial charge is 0.341 e. The lowest BCUT2D eigenvalue weighted by Crippen LogP contribution is -2.01. The van der Waals surface area contributed by atoms with E-state index >= 15 is 0 Å². The average molecular weight is 307 g/mol. The van der Waals surface area contributed by atoms with Gasteiger partial charge in [-0.15, -0.1) is 0 Å². The monoisotopic (exact) mass is 306 g/mol. The van der Waals surface area contributed by atoms with Crippen LogP contribution in [0.25, 0.3) is 5.69 Å². The van der Waals surface area contributed by atoms with Crippen molar-refractivity contribution in [3.05, 3.63) is 45.7 Å². The molecule has 0 aliphatic carbocycles. The van der Waals surface area contributed by atoms with E-state index in [2.05, 4.69) is 5.10 Å². The fraction of sp³-hybridized carbons (Fsp3) is 0.0909. The number of hydrogen-bond donors (Lipinski definition) is 1. The van der Waals surface area contributed by atoms with Crippen LogP contribution in [0.4, 0.5) is 8.78 Å². The van der Waals surface area contributed by atoms with Crippen molar-refractivity contribution >= 4 is 29.2 Å². The van der Waals surface area contributed by atoms with Crippen molar-refractivity contribution in [1.82, 2.24) is 9.78 Å². The molecule has 0 saturated heterocycles. The topological polar surface area (TPSA) is 55.1 Å². The van der Waals surface area contributed by atoms with Crippen molar-refractivity contribution in [2.75, 3.05) is 0 Å². The van der Waals surface area contributed by atoms with Crippen LogP contribution in [0.3, 0.4) is 0 Å². The number of alkyl halides is 2. The largest absolute Gasteiger partial charge is 0.478 e. The minimum absolute atomic E-state index is 0.213. The first-order valence-electron chi connectivity index (χ1n) is 4.98. The molecule has 0 atom stereocenters. The third-order valence-electron chi connectivity index (χ3n) is 2.36. The lowest BCUT2D eigenvalue weighted by Gasteiger charge is -2.04. The van der Waals surface area contributed by atoms with E-state index in [0.29, 0.717) is 0 Å². The van der Waals surface area contributed by atoms with Crippen molar-refractivity contribution in [2.24, 2.45) is 0 Å². The molecule has 2 aromatic rings. The first kappa shape index (κ1) is 13.8. The summed E-state index contributed by atoms with van der Waals surface area (Å²) in [5, 5.41) is 12.2. The summed E-state index contributed by atoms with van der Waals surface area (Å²) < 4.78 is 26.4. The van der Waals surface area contributed by atoms with Crippen molar-refractivity contribution in [3.8, 4) is 5.69 Å². The molecular formula is C11H6Cl2F2N2O2. The summed E-state index contributed by atoms with van der Waals surface area (Å²) in [6, 6.07) is 6.23. The highest BCUT2D eigenvalue weighted by Gasteiger charge is 2.28. The van der Waals surface area contributed by atoms with Crippen molar-refractivity contribution < 1.29 is 18.7 Å². The van der Waals surface area contributed by atoms with Crippen molar-refractivity contribution in [1.29, 1.82) is 0 Å². The van der Waals surface area contributed by atoms with Crippen LogP contribution in [-0.4, -0.2) is 20.9 Å². The van der Waals surface area contributed by atoms with Crippen molar-refractivity contribution in [2.45, 2.75) is 6.43 Å². The zero-order valence-corrected chi connectivity index (χ0v) is 10.7. The first-order valence-corrected chi connectivity index (χ1v) is 5.73. The van der Waals surface area contributed by atoms with Gasteiger partial charge in [0.2, 0.25) is 0 Å². The number of benzene rings is 1. The van der Waals surface area contributed by atoms with Crippen LogP contribution >= 0.6 is 23.2 Å². The highest BCUT2D eigenvalue weighted by Crippen LogP contribution is 2.31. The molecule has 0 bridgehead atoms. The van der Waals surface area contributed by atoms with Crippen LogP contribution in [0.15, 0.2) is 24.3 Å². The number of aromatic nitrogens is 2. The minimum Gasteiger partial charge on any atom is -0.478 e. The maximum Gasteiger partial charge on any atom is 0.341 e. The van der Waals surface area contributed by atoms with E-state index in [1.165, 1.54) is 12.1 Å². The molecule has 1 aromatic heterocycles. The minimum atomic E-state index is -3.05. The second-order valence-corrected chi connectivity index (χ2v) is 4.29. The van der Waals surface area contributed by atoms with Gasteiger partial charge in [-0.2, -0.15) is 5.10 Å². The highest BCUT2D eigenvalue weighted by atomic mass is 35.5. The summed E-state index contributed by atoms with van der Waals surface area (Å²) in [5.41, 5.74) is -1.39. The second-order valence-electron chi connectivity index (χ2n) is 3.52. The number of para-hydroxylation sites is 1. The number of hydrogen-bond acceptors (Lipinski definition) is 2. The Bertz CT molecular complexity index is 644. The van der Waals surface area contributed by atoms with E-state index in [0.717, 1.165) is 4.68 Å². The predicted molar refractivity (Wildman–Crippen MR) is 65.5 cm³/mol. The summed E-state index contributed by atoms with van der Waals surface area (Å²) in [5.74, 6) is -1.57. The standard InChI is InChI=1S/C11H6Cl2F2N2O2/c12-5-3-1-2-4-6(5)17-9(13)7(11(18)19)8(16-17)10(14)15/h1-4,10H,(H,18,19). The van der Waals surface area contributed by atoms with Gasteiger partial charge in [0.05, 0.1) is 10.7 Å². The molecule has 2 rings (SSSR count). The van der Waals surface area contributed by atoms with Crippen LogP contribution in [0.2, 0.25) is 10.2 Å². The van der Waals surface area contributed by atoms with Crippen LogP contribution in [-0.2, 0) is 0 Å². The van der Waals surface area contributed by atoms with Crippen LogP contribution in [0.5, 0.6) is 0 Å². The van der Waals surface area contributed by atoms with Gasteiger partial charge in [-0.1, -0.05) is 35.3 Å². The number of rotatable bonds is 3. The molecular weight excluding hydrogens is 301 g/mol. The van der Waals surface area contributed by atoms with Crippen molar-refractivity contribution in [3.63, 3.8) is 0 Å². The molecule has 19 heavy (non-hydrogen) atoms. The molecule has 0 aliphatic rings. The number of carboxylic acids is 1. The molecule has 0 fully saturated rings.